The van der Waals surface area contributed by atoms with E-state index in [-0.39, 0.29) is 11.2 Å². The lowest BCUT2D eigenvalue weighted by Crippen LogP contribution is -2.42. The van der Waals surface area contributed by atoms with Gasteiger partial charge in [-0.05, 0) is 64.2 Å². The van der Waals surface area contributed by atoms with Gasteiger partial charge in [-0.2, -0.15) is 0 Å². The number of hydrogen-bond acceptors (Lipinski definition) is 1. The highest BCUT2D eigenvalue weighted by atomic mass is 16.5. The van der Waals surface area contributed by atoms with Crippen molar-refractivity contribution < 1.29 is 4.74 Å². The Labute approximate surface area is 135 Å². The Morgan fingerprint density at radius 3 is 1.10 bits per heavy atom. The summed E-state index contributed by atoms with van der Waals surface area (Å²) in [4.78, 5) is 0. The van der Waals surface area contributed by atoms with Crippen LogP contribution in [0, 0.1) is 10.8 Å². The van der Waals surface area contributed by atoms with E-state index < -0.39 is 0 Å². The minimum atomic E-state index is -0.0650. The van der Waals surface area contributed by atoms with E-state index in [0.717, 1.165) is 12.8 Å². The molecule has 1 nitrogen and oxygen atoms in total. The monoisotopic (exact) mass is 298 g/mol. The van der Waals surface area contributed by atoms with Crippen molar-refractivity contribution in [1.29, 1.82) is 0 Å². The zero-order valence-electron chi connectivity index (χ0n) is 16.7. The highest BCUT2D eigenvalue weighted by Gasteiger charge is 2.36. The lowest BCUT2D eigenvalue weighted by Gasteiger charge is -2.43. The number of hydrogen-bond donors (Lipinski definition) is 0. The molecule has 0 aromatic carbocycles. The van der Waals surface area contributed by atoms with Crippen molar-refractivity contribution in [3.8, 4) is 0 Å². The summed E-state index contributed by atoms with van der Waals surface area (Å²) in [6.45, 7) is 23.1. The van der Waals surface area contributed by atoms with E-state index in [0.29, 0.717) is 10.8 Å². The van der Waals surface area contributed by atoms with Gasteiger partial charge in [-0.15, -0.1) is 0 Å². The van der Waals surface area contributed by atoms with Crippen LogP contribution in [0.4, 0.5) is 0 Å². The molecular formula is C20H42O. The van der Waals surface area contributed by atoms with E-state index in [2.05, 4.69) is 69.2 Å². The predicted octanol–water partition coefficient (Wildman–Crippen LogP) is 6.99. The second-order valence-electron chi connectivity index (χ2n) is 9.80. The Bertz CT molecular complexity index is 267. The Kier molecular flexibility index (Phi) is 7.47. The first-order chi connectivity index (χ1) is 9.24. The molecule has 0 aliphatic carbocycles. The van der Waals surface area contributed by atoms with Gasteiger partial charge in [-0.1, -0.05) is 54.4 Å². The largest absolute Gasteiger partial charge is 0.370 e. The smallest absolute Gasteiger partial charge is 0.0638 e. The fourth-order valence-corrected chi connectivity index (χ4v) is 4.66. The Balaban J connectivity index is 4.75. The first-order valence-corrected chi connectivity index (χ1v) is 8.94. The third-order valence-corrected chi connectivity index (χ3v) is 4.21. The minimum absolute atomic E-state index is 0.0650. The lowest BCUT2D eigenvalue weighted by molar-refractivity contribution is -0.152. The summed E-state index contributed by atoms with van der Waals surface area (Å²) in [6, 6.07) is 0. The number of rotatable bonds is 10. The molecule has 0 fully saturated rings. The summed E-state index contributed by atoms with van der Waals surface area (Å²) >= 11 is 0. The van der Waals surface area contributed by atoms with Gasteiger partial charge in [0.2, 0.25) is 0 Å². The average molecular weight is 299 g/mol. The number of ether oxygens (including phenoxy) is 1. The van der Waals surface area contributed by atoms with Gasteiger partial charge >= 0.3 is 0 Å². The first-order valence-electron chi connectivity index (χ1n) is 8.94. The van der Waals surface area contributed by atoms with Gasteiger partial charge in [0.25, 0.3) is 0 Å². The average Bonchev–Trinajstić information content (AvgIpc) is 2.09. The third kappa shape index (κ3) is 9.55. The van der Waals surface area contributed by atoms with Crippen LogP contribution in [0.25, 0.3) is 0 Å². The van der Waals surface area contributed by atoms with Crippen molar-refractivity contribution >= 4 is 0 Å². The fraction of sp³-hybridized carbons (Fsp3) is 1.00. The van der Waals surface area contributed by atoms with E-state index in [9.17, 15) is 0 Å². The fourth-order valence-electron chi connectivity index (χ4n) is 4.66. The Morgan fingerprint density at radius 2 is 0.857 bits per heavy atom. The summed E-state index contributed by atoms with van der Waals surface area (Å²) in [7, 11) is 0. The molecule has 0 radical (unpaired) electrons. The van der Waals surface area contributed by atoms with Crippen molar-refractivity contribution in [3.05, 3.63) is 0 Å². The quantitative estimate of drug-likeness (QED) is 0.422. The zero-order chi connectivity index (χ0) is 16.9. The summed E-state index contributed by atoms with van der Waals surface area (Å²) in [6.07, 6.45) is 7.26. The van der Waals surface area contributed by atoms with Gasteiger partial charge in [0.05, 0.1) is 11.2 Å². The molecule has 0 heterocycles. The van der Waals surface area contributed by atoms with Crippen molar-refractivity contribution in [3.63, 3.8) is 0 Å². The standard InChI is InChI=1S/C20H42O/c1-11-13-17(3,4)15-19(7,8)21-20(9,10)16-18(5,6)14-12-2/h11-16H2,1-10H3. The van der Waals surface area contributed by atoms with Crippen LogP contribution in [0.1, 0.15) is 108 Å². The molecule has 0 aromatic rings. The molecule has 1 heteroatoms. The van der Waals surface area contributed by atoms with Crippen LogP contribution in [0.15, 0.2) is 0 Å². The van der Waals surface area contributed by atoms with Gasteiger partial charge in [0.1, 0.15) is 0 Å². The first kappa shape index (κ1) is 21.0. The molecule has 0 N–H and O–H groups in total. The summed E-state index contributed by atoms with van der Waals surface area (Å²) in [5.74, 6) is 0. The molecule has 0 atom stereocenters. The van der Waals surface area contributed by atoms with Gasteiger partial charge in [-0.25, -0.2) is 0 Å². The third-order valence-electron chi connectivity index (χ3n) is 4.21. The van der Waals surface area contributed by atoms with Crippen LogP contribution in [0.5, 0.6) is 0 Å². The Hall–Kier alpha value is -0.0400. The van der Waals surface area contributed by atoms with Crippen LogP contribution in [0.3, 0.4) is 0 Å². The van der Waals surface area contributed by atoms with Crippen molar-refractivity contribution in [2.75, 3.05) is 0 Å². The second-order valence-corrected chi connectivity index (χ2v) is 9.80. The second kappa shape index (κ2) is 7.49. The van der Waals surface area contributed by atoms with Crippen LogP contribution < -0.4 is 0 Å². The molecule has 0 aromatic heterocycles. The van der Waals surface area contributed by atoms with Gasteiger partial charge in [-0.3, -0.25) is 0 Å². The molecule has 0 bridgehead atoms. The normalized spacial score (nSPS) is 14.6. The summed E-state index contributed by atoms with van der Waals surface area (Å²) < 4.78 is 6.59. The highest BCUT2D eigenvalue weighted by Crippen LogP contribution is 2.40. The van der Waals surface area contributed by atoms with Crippen LogP contribution >= 0.6 is 0 Å². The van der Waals surface area contributed by atoms with Gasteiger partial charge in [0.15, 0.2) is 0 Å². The van der Waals surface area contributed by atoms with Gasteiger partial charge < -0.3 is 4.74 Å². The maximum absolute atomic E-state index is 6.59. The lowest BCUT2D eigenvalue weighted by atomic mass is 9.76. The van der Waals surface area contributed by atoms with E-state index >= 15 is 0 Å². The van der Waals surface area contributed by atoms with Crippen molar-refractivity contribution in [2.45, 2.75) is 119 Å². The molecule has 0 spiro atoms. The summed E-state index contributed by atoms with van der Waals surface area (Å²) in [5, 5.41) is 0. The molecule has 21 heavy (non-hydrogen) atoms. The van der Waals surface area contributed by atoms with E-state index in [1.54, 1.807) is 0 Å². The molecule has 0 saturated carbocycles. The van der Waals surface area contributed by atoms with E-state index in [1.165, 1.54) is 25.7 Å². The molecule has 0 saturated heterocycles. The van der Waals surface area contributed by atoms with Crippen molar-refractivity contribution in [1.82, 2.24) is 0 Å². The van der Waals surface area contributed by atoms with Crippen LogP contribution in [0.2, 0.25) is 0 Å². The van der Waals surface area contributed by atoms with Crippen LogP contribution in [-0.2, 0) is 4.74 Å². The zero-order valence-corrected chi connectivity index (χ0v) is 16.7. The van der Waals surface area contributed by atoms with Crippen molar-refractivity contribution in [2.24, 2.45) is 10.8 Å². The minimum Gasteiger partial charge on any atom is -0.370 e. The van der Waals surface area contributed by atoms with Gasteiger partial charge in [0, 0.05) is 0 Å². The molecule has 0 unspecified atom stereocenters. The SMILES string of the molecule is CCCC(C)(C)CC(C)(C)OC(C)(C)CC(C)(C)CCC. The van der Waals surface area contributed by atoms with E-state index in [4.69, 9.17) is 4.74 Å². The maximum atomic E-state index is 6.59. The molecule has 0 aliphatic rings. The summed E-state index contributed by atoms with van der Waals surface area (Å²) in [5.41, 5.74) is 0.579. The molecule has 128 valence electrons. The molecule has 0 amide bonds. The van der Waals surface area contributed by atoms with E-state index in [1.807, 2.05) is 0 Å². The maximum Gasteiger partial charge on any atom is 0.0638 e. The molecule has 0 rings (SSSR count). The molecule has 0 aliphatic heterocycles. The highest BCUT2D eigenvalue weighted by molar-refractivity contribution is 4.86. The topological polar surface area (TPSA) is 9.23 Å². The van der Waals surface area contributed by atoms with Crippen LogP contribution in [-0.4, -0.2) is 11.2 Å². The predicted molar refractivity (Wildman–Crippen MR) is 95.9 cm³/mol. The Morgan fingerprint density at radius 1 is 0.571 bits per heavy atom. The molecular weight excluding hydrogens is 256 g/mol.